The second kappa shape index (κ2) is 10.5. The minimum Gasteiger partial charge on any atom is -0.497 e. The van der Waals surface area contributed by atoms with Gasteiger partial charge in [0.05, 0.1) is 13.7 Å². The second-order valence-electron chi connectivity index (χ2n) is 6.54. The normalized spacial score (nSPS) is 10.6. The van der Waals surface area contributed by atoms with Crippen LogP contribution in [0, 0.1) is 0 Å². The predicted octanol–water partition coefficient (Wildman–Crippen LogP) is 5.03. The van der Waals surface area contributed by atoms with Gasteiger partial charge < -0.3 is 14.2 Å². The summed E-state index contributed by atoms with van der Waals surface area (Å²) in [4.78, 5) is 0. The van der Waals surface area contributed by atoms with Crippen molar-refractivity contribution < 1.29 is 14.2 Å². The molecule has 0 radical (unpaired) electrons. The molecule has 4 rings (SSSR count). The van der Waals surface area contributed by atoms with E-state index in [2.05, 4.69) is 10.2 Å². The van der Waals surface area contributed by atoms with E-state index in [-0.39, 0.29) is 0 Å². The molecule has 158 valence electrons. The third kappa shape index (κ3) is 5.58. The summed E-state index contributed by atoms with van der Waals surface area (Å²) in [6.07, 6.45) is 0. The maximum absolute atomic E-state index is 5.94. The highest BCUT2D eigenvalue weighted by Crippen LogP contribution is 2.24. The van der Waals surface area contributed by atoms with E-state index in [1.807, 2.05) is 89.5 Å². The number of hydrogen-bond acceptors (Lipinski definition) is 6. The molecule has 31 heavy (non-hydrogen) atoms. The van der Waals surface area contributed by atoms with E-state index in [0.29, 0.717) is 13.2 Å². The monoisotopic (exact) mass is 433 g/mol. The van der Waals surface area contributed by atoms with E-state index >= 15 is 0 Å². The highest BCUT2D eigenvalue weighted by Gasteiger charge is 2.15. The molecule has 0 aliphatic rings. The van der Waals surface area contributed by atoms with Gasteiger partial charge in [0.2, 0.25) is 0 Å². The molecule has 0 spiro atoms. The summed E-state index contributed by atoms with van der Waals surface area (Å²) in [7, 11) is 1.64. The summed E-state index contributed by atoms with van der Waals surface area (Å²) in [5.74, 6) is 3.87. The number of thioether (sulfide) groups is 1. The van der Waals surface area contributed by atoms with Gasteiger partial charge in [-0.3, -0.25) is 4.57 Å². The first-order valence-corrected chi connectivity index (χ1v) is 10.9. The lowest BCUT2D eigenvalue weighted by molar-refractivity contribution is 0.292. The van der Waals surface area contributed by atoms with Crippen LogP contribution >= 0.6 is 11.8 Å². The van der Waals surface area contributed by atoms with Crippen molar-refractivity contribution in [3.63, 3.8) is 0 Å². The van der Waals surface area contributed by atoms with Crippen molar-refractivity contribution in [1.82, 2.24) is 14.8 Å². The van der Waals surface area contributed by atoms with Crippen molar-refractivity contribution in [2.75, 3.05) is 19.5 Å². The van der Waals surface area contributed by atoms with E-state index in [9.17, 15) is 0 Å². The summed E-state index contributed by atoms with van der Waals surface area (Å²) in [5, 5.41) is 9.58. The summed E-state index contributed by atoms with van der Waals surface area (Å²) in [6.45, 7) is 0.878. The van der Waals surface area contributed by atoms with E-state index in [0.717, 1.165) is 39.7 Å². The van der Waals surface area contributed by atoms with Crippen LogP contribution < -0.4 is 14.2 Å². The second-order valence-corrected chi connectivity index (χ2v) is 7.61. The Balaban J connectivity index is 1.44. The summed E-state index contributed by atoms with van der Waals surface area (Å²) >= 11 is 1.60. The molecule has 1 aromatic heterocycles. The van der Waals surface area contributed by atoms with Crippen LogP contribution in [0.4, 0.5) is 0 Å². The van der Waals surface area contributed by atoms with Gasteiger partial charge in [-0.25, -0.2) is 0 Å². The minimum atomic E-state index is 0.301. The van der Waals surface area contributed by atoms with Crippen molar-refractivity contribution in [2.45, 2.75) is 11.8 Å². The van der Waals surface area contributed by atoms with Crippen LogP contribution in [0.15, 0.2) is 90.1 Å². The number of benzene rings is 3. The number of nitrogens with zero attached hydrogens (tertiary/aromatic N) is 3. The Bertz CT molecular complexity index is 1070. The first-order valence-electron chi connectivity index (χ1n) is 9.91. The van der Waals surface area contributed by atoms with Crippen LogP contribution in [0.2, 0.25) is 0 Å². The largest absolute Gasteiger partial charge is 0.497 e. The van der Waals surface area contributed by atoms with Gasteiger partial charge in [-0.15, -0.1) is 10.2 Å². The molecule has 6 nitrogen and oxygen atoms in total. The number of rotatable bonds is 10. The Kier molecular flexibility index (Phi) is 7.08. The van der Waals surface area contributed by atoms with Crippen molar-refractivity contribution in [3.8, 4) is 22.9 Å². The average molecular weight is 434 g/mol. The molecule has 0 N–H and O–H groups in total. The SMILES string of the molecule is COc1ccc(OCc2nnc(SCCOc3ccccc3)n2-c2ccccc2)cc1. The zero-order valence-electron chi connectivity index (χ0n) is 17.2. The molecule has 7 heteroatoms. The van der Waals surface area contributed by atoms with Gasteiger partial charge >= 0.3 is 0 Å². The number of para-hydroxylation sites is 2. The highest BCUT2D eigenvalue weighted by molar-refractivity contribution is 7.99. The fourth-order valence-corrected chi connectivity index (χ4v) is 3.74. The number of methoxy groups -OCH3 is 1. The standard InChI is InChI=1S/C24H23N3O3S/c1-28-20-12-14-22(15-13-20)30-18-23-25-26-24(27(23)19-8-4-2-5-9-19)31-17-16-29-21-10-6-3-7-11-21/h2-15H,16-18H2,1H3. The van der Waals surface area contributed by atoms with Crippen molar-refractivity contribution in [3.05, 3.63) is 90.8 Å². The highest BCUT2D eigenvalue weighted by atomic mass is 32.2. The van der Waals surface area contributed by atoms with Crippen molar-refractivity contribution >= 4 is 11.8 Å². The van der Waals surface area contributed by atoms with E-state index in [1.54, 1.807) is 18.9 Å². The molecule has 0 amide bonds. The van der Waals surface area contributed by atoms with Crippen LogP contribution in [0.25, 0.3) is 5.69 Å². The number of aromatic nitrogens is 3. The van der Waals surface area contributed by atoms with Crippen molar-refractivity contribution in [2.24, 2.45) is 0 Å². The number of ether oxygens (including phenoxy) is 3. The summed E-state index contributed by atoms with van der Waals surface area (Å²) in [6, 6.07) is 27.3. The Hall–Kier alpha value is -3.45. The molecule has 0 fully saturated rings. The molecule has 0 aliphatic carbocycles. The topological polar surface area (TPSA) is 58.4 Å². The molecule has 0 bridgehead atoms. The zero-order valence-corrected chi connectivity index (χ0v) is 18.0. The molecular weight excluding hydrogens is 410 g/mol. The Morgan fingerprint density at radius 2 is 1.39 bits per heavy atom. The third-order valence-electron chi connectivity index (χ3n) is 4.47. The summed E-state index contributed by atoms with van der Waals surface area (Å²) < 4.78 is 18.9. The van der Waals surface area contributed by atoms with Gasteiger partial charge in [0.1, 0.15) is 23.9 Å². The fourth-order valence-electron chi connectivity index (χ4n) is 2.95. The van der Waals surface area contributed by atoms with Crippen LogP contribution in [-0.4, -0.2) is 34.2 Å². The van der Waals surface area contributed by atoms with Gasteiger partial charge in [0.25, 0.3) is 0 Å². The predicted molar refractivity (Wildman–Crippen MR) is 121 cm³/mol. The Morgan fingerprint density at radius 1 is 0.742 bits per heavy atom. The molecular formula is C24H23N3O3S. The van der Waals surface area contributed by atoms with Crippen LogP contribution in [-0.2, 0) is 6.61 Å². The lowest BCUT2D eigenvalue weighted by Gasteiger charge is -2.11. The minimum absolute atomic E-state index is 0.301. The van der Waals surface area contributed by atoms with Gasteiger partial charge in [-0.2, -0.15) is 0 Å². The fraction of sp³-hybridized carbons (Fsp3) is 0.167. The molecule has 3 aromatic carbocycles. The molecule has 0 aliphatic heterocycles. The van der Waals surface area contributed by atoms with Gasteiger partial charge in [0.15, 0.2) is 11.0 Å². The lowest BCUT2D eigenvalue weighted by Crippen LogP contribution is -2.07. The van der Waals surface area contributed by atoms with Crippen LogP contribution in [0.5, 0.6) is 17.2 Å². The van der Waals surface area contributed by atoms with Gasteiger partial charge in [0, 0.05) is 11.4 Å². The quantitative estimate of drug-likeness (QED) is 0.258. The van der Waals surface area contributed by atoms with Gasteiger partial charge in [-0.1, -0.05) is 48.2 Å². The molecule has 0 saturated heterocycles. The average Bonchev–Trinajstić information content (AvgIpc) is 3.25. The maximum atomic E-state index is 5.94. The molecule has 0 saturated carbocycles. The van der Waals surface area contributed by atoms with E-state index in [1.165, 1.54) is 0 Å². The van der Waals surface area contributed by atoms with Crippen LogP contribution in [0.1, 0.15) is 5.82 Å². The van der Waals surface area contributed by atoms with Crippen molar-refractivity contribution in [1.29, 1.82) is 0 Å². The third-order valence-corrected chi connectivity index (χ3v) is 5.36. The smallest absolute Gasteiger partial charge is 0.196 e. The zero-order chi connectivity index (χ0) is 21.3. The number of hydrogen-bond donors (Lipinski definition) is 0. The van der Waals surface area contributed by atoms with Crippen LogP contribution in [0.3, 0.4) is 0 Å². The first-order chi connectivity index (χ1) is 15.3. The first kappa shape index (κ1) is 20.8. The van der Waals surface area contributed by atoms with E-state index < -0.39 is 0 Å². The Labute approximate surface area is 185 Å². The Morgan fingerprint density at radius 3 is 2.10 bits per heavy atom. The van der Waals surface area contributed by atoms with E-state index in [4.69, 9.17) is 14.2 Å². The summed E-state index contributed by atoms with van der Waals surface area (Å²) in [5.41, 5.74) is 0.993. The molecule has 0 atom stereocenters. The van der Waals surface area contributed by atoms with Gasteiger partial charge in [-0.05, 0) is 48.5 Å². The molecule has 1 heterocycles. The molecule has 0 unspecified atom stereocenters. The lowest BCUT2D eigenvalue weighted by atomic mass is 10.3. The maximum Gasteiger partial charge on any atom is 0.196 e. The molecule has 4 aromatic rings.